The lowest BCUT2D eigenvalue weighted by Gasteiger charge is -2.25. The van der Waals surface area contributed by atoms with Crippen LogP contribution in [0.25, 0.3) is 0 Å². The van der Waals surface area contributed by atoms with Gasteiger partial charge in [0.05, 0.1) is 11.9 Å². The number of nitrogens with one attached hydrogen (secondary N) is 1. The van der Waals surface area contributed by atoms with Crippen molar-refractivity contribution in [3.05, 3.63) is 28.2 Å². The fourth-order valence-corrected chi connectivity index (χ4v) is 3.19. The van der Waals surface area contributed by atoms with Gasteiger partial charge in [-0.3, -0.25) is 9.10 Å². The van der Waals surface area contributed by atoms with E-state index in [1.54, 1.807) is 12.1 Å². The summed E-state index contributed by atoms with van der Waals surface area (Å²) < 4.78 is 26.1. The highest BCUT2D eigenvalue weighted by Gasteiger charge is 2.20. The summed E-state index contributed by atoms with van der Waals surface area (Å²) in [5, 5.41) is 2.83. The zero-order chi connectivity index (χ0) is 17.1. The molecule has 0 heterocycles. The van der Waals surface area contributed by atoms with Gasteiger partial charge in [0.2, 0.25) is 15.9 Å². The molecule has 1 rings (SSSR count). The van der Waals surface area contributed by atoms with E-state index < -0.39 is 10.0 Å². The molecule has 22 heavy (non-hydrogen) atoms. The zero-order valence-corrected chi connectivity index (χ0v) is 16.0. The molecule has 5 nitrogen and oxygen atoms in total. The topological polar surface area (TPSA) is 66.5 Å². The number of hydrogen-bond acceptors (Lipinski definition) is 3. The molecular formula is C15H23BrN2O3S. The molecule has 0 fully saturated rings. The Kier molecular flexibility index (Phi) is 6.03. The maximum absolute atomic E-state index is 12.0. The number of aryl methyl sites for hydroxylation is 1. The lowest BCUT2D eigenvalue weighted by Crippen LogP contribution is -2.42. The molecule has 0 saturated carbocycles. The van der Waals surface area contributed by atoms with E-state index in [2.05, 4.69) is 21.2 Å². The first-order chi connectivity index (χ1) is 9.90. The largest absolute Gasteiger partial charge is 0.351 e. The number of sulfonamides is 1. The maximum atomic E-state index is 12.0. The van der Waals surface area contributed by atoms with Crippen LogP contribution in [0.1, 0.15) is 32.8 Å². The molecule has 0 aromatic heterocycles. The molecule has 0 spiro atoms. The molecule has 0 aliphatic rings. The van der Waals surface area contributed by atoms with Gasteiger partial charge in [-0.2, -0.15) is 0 Å². The number of amides is 1. The number of hydrogen-bond donors (Lipinski definition) is 1. The minimum absolute atomic E-state index is 0.107. The van der Waals surface area contributed by atoms with Crippen LogP contribution in [0, 0.1) is 6.92 Å². The van der Waals surface area contributed by atoms with Gasteiger partial charge in [-0.05, 0) is 45.4 Å². The molecule has 124 valence electrons. The Morgan fingerprint density at radius 2 is 1.91 bits per heavy atom. The van der Waals surface area contributed by atoms with Gasteiger partial charge in [0, 0.05) is 23.0 Å². The Labute approximate surface area is 141 Å². The summed E-state index contributed by atoms with van der Waals surface area (Å²) in [6, 6.07) is 5.33. The van der Waals surface area contributed by atoms with Gasteiger partial charge in [0.15, 0.2) is 0 Å². The van der Waals surface area contributed by atoms with E-state index in [1.807, 2.05) is 33.8 Å². The summed E-state index contributed by atoms with van der Waals surface area (Å²) in [6.45, 7) is 7.69. The molecule has 1 amide bonds. The molecule has 0 atom stereocenters. The quantitative estimate of drug-likeness (QED) is 0.840. The van der Waals surface area contributed by atoms with Crippen molar-refractivity contribution in [1.29, 1.82) is 0 Å². The van der Waals surface area contributed by atoms with Crippen LogP contribution in [-0.4, -0.2) is 32.7 Å². The Balaban J connectivity index is 2.92. The summed E-state index contributed by atoms with van der Waals surface area (Å²) in [5.74, 6) is -0.174. The second-order valence-electron chi connectivity index (χ2n) is 6.32. The number of nitrogens with zero attached hydrogens (tertiary/aromatic N) is 1. The number of rotatable bonds is 5. The third kappa shape index (κ3) is 5.96. The van der Waals surface area contributed by atoms with Crippen molar-refractivity contribution in [3.63, 3.8) is 0 Å². The van der Waals surface area contributed by atoms with Crippen molar-refractivity contribution in [2.24, 2.45) is 0 Å². The number of carbonyl (C=O) groups is 1. The molecule has 0 saturated heterocycles. The van der Waals surface area contributed by atoms with Crippen LogP contribution >= 0.6 is 15.9 Å². The molecule has 0 radical (unpaired) electrons. The van der Waals surface area contributed by atoms with Gasteiger partial charge in [0.25, 0.3) is 0 Å². The monoisotopic (exact) mass is 390 g/mol. The predicted molar refractivity (Wildman–Crippen MR) is 93.6 cm³/mol. The van der Waals surface area contributed by atoms with Crippen LogP contribution in [0.2, 0.25) is 0 Å². The normalized spacial score (nSPS) is 12.1. The van der Waals surface area contributed by atoms with E-state index in [0.29, 0.717) is 5.69 Å². The molecule has 1 aromatic rings. The molecule has 1 aromatic carbocycles. The SMILES string of the molecule is Cc1ccc(N(CCC(=O)NC(C)(C)C)S(C)(=O)=O)cc1Br. The van der Waals surface area contributed by atoms with Gasteiger partial charge >= 0.3 is 0 Å². The standard InChI is InChI=1S/C15H23BrN2O3S/c1-11-6-7-12(10-13(11)16)18(22(5,20)21)9-8-14(19)17-15(2,3)4/h6-7,10H,8-9H2,1-5H3,(H,17,19). The third-order valence-electron chi connectivity index (χ3n) is 2.90. The molecule has 0 aliphatic carbocycles. The Hall–Kier alpha value is -1.08. The molecular weight excluding hydrogens is 368 g/mol. The second kappa shape index (κ2) is 7.00. The molecule has 0 aliphatic heterocycles. The van der Waals surface area contributed by atoms with Gasteiger partial charge in [0.1, 0.15) is 0 Å². The first-order valence-corrected chi connectivity index (χ1v) is 9.59. The van der Waals surface area contributed by atoms with Crippen LogP contribution in [-0.2, 0) is 14.8 Å². The lowest BCUT2D eigenvalue weighted by atomic mass is 10.1. The van der Waals surface area contributed by atoms with Gasteiger partial charge in [-0.1, -0.05) is 22.0 Å². The third-order valence-corrected chi connectivity index (χ3v) is 4.95. The van der Waals surface area contributed by atoms with Crippen molar-refractivity contribution in [2.75, 3.05) is 17.1 Å². The van der Waals surface area contributed by atoms with Crippen molar-refractivity contribution < 1.29 is 13.2 Å². The molecule has 0 bridgehead atoms. The van der Waals surface area contributed by atoms with Gasteiger partial charge in [-0.25, -0.2) is 8.42 Å². The first kappa shape index (κ1) is 19.0. The van der Waals surface area contributed by atoms with Crippen LogP contribution in [0.15, 0.2) is 22.7 Å². The second-order valence-corrected chi connectivity index (χ2v) is 9.08. The molecule has 0 unspecified atom stereocenters. The smallest absolute Gasteiger partial charge is 0.232 e. The summed E-state index contributed by atoms with van der Waals surface area (Å²) in [4.78, 5) is 11.9. The van der Waals surface area contributed by atoms with E-state index >= 15 is 0 Å². The van der Waals surface area contributed by atoms with E-state index in [9.17, 15) is 13.2 Å². The number of benzene rings is 1. The fourth-order valence-electron chi connectivity index (χ4n) is 1.91. The minimum atomic E-state index is -3.45. The van der Waals surface area contributed by atoms with Crippen molar-refractivity contribution >= 4 is 37.5 Å². The van der Waals surface area contributed by atoms with Crippen molar-refractivity contribution in [1.82, 2.24) is 5.32 Å². The van der Waals surface area contributed by atoms with Crippen LogP contribution in [0.5, 0.6) is 0 Å². The van der Waals surface area contributed by atoms with Crippen molar-refractivity contribution in [2.45, 2.75) is 39.7 Å². The van der Waals surface area contributed by atoms with E-state index in [0.717, 1.165) is 16.3 Å². The van der Waals surface area contributed by atoms with Crippen LogP contribution in [0.3, 0.4) is 0 Å². The summed E-state index contributed by atoms with van der Waals surface area (Å²) in [6.07, 6.45) is 1.25. The van der Waals surface area contributed by atoms with Gasteiger partial charge in [-0.15, -0.1) is 0 Å². The van der Waals surface area contributed by atoms with E-state index in [4.69, 9.17) is 0 Å². The molecule has 7 heteroatoms. The summed E-state index contributed by atoms with van der Waals surface area (Å²) in [7, 11) is -3.45. The summed E-state index contributed by atoms with van der Waals surface area (Å²) in [5.41, 5.74) is 1.23. The fraction of sp³-hybridized carbons (Fsp3) is 0.533. The average Bonchev–Trinajstić information content (AvgIpc) is 2.29. The first-order valence-electron chi connectivity index (χ1n) is 6.95. The highest BCUT2D eigenvalue weighted by atomic mass is 79.9. The van der Waals surface area contributed by atoms with Gasteiger partial charge < -0.3 is 5.32 Å². The minimum Gasteiger partial charge on any atom is -0.351 e. The number of halogens is 1. The molecule has 1 N–H and O–H groups in total. The van der Waals surface area contributed by atoms with Crippen LogP contribution in [0.4, 0.5) is 5.69 Å². The zero-order valence-electron chi connectivity index (χ0n) is 13.6. The van der Waals surface area contributed by atoms with E-state index in [1.165, 1.54) is 4.31 Å². The predicted octanol–water partition coefficient (Wildman–Crippen LogP) is 2.83. The Bertz CT molecular complexity index is 651. The Morgan fingerprint density at radius 3 is 2.36 bits per heavy atom. The number of carbonyl (C=O) groups excluding carboxylic acids is 1. The van der Waals surface area contributed by atoms with E-state index in [-0.39, 0.29) is 24.4 Å². The Morgan fingerprint density at radius 1 is 1.32 bits per heavy atom. The lowest BCUT2D eigenvalue weighted by molar-refractivity contribution is -0.122. The summed E-state index contributed by atoms with van der Waals surface area (Å²) >= 11 is 3.40. The maximum Gasteiger partial charge on any atom is 0.232 e. The highest BCUT2D eigenvalue weighted by Crippen LogP contribution is 2.25. The van der Waals surface area contributed by atoms with Crippen molar-refractivity contribution in [3.8, 4) is 0 Å². The highest BCUT2D eigenvalue weighted by molar-refractivity contribution is 9.10. The number of anilines is 1. The average molecular weight is 391 g/mol. The van der Waals surface area contributed by atoms with Crippen LogP contribution < -0.4 is 9.62 Å².